The first-order chi connectivity index (χ1) is 8.12. The maximum Gasteiger partial charge on any atom is 0.302 e. The van der Waals surface area contributed by atoms with Crippen molar-refractivity contribution in [1.29, 1.82) is 0 Å². The summed E-state index contributed by atoms with van der Waals surface area (Å²) in [6.45, 7) is 4.78. The van der Waals surface area contributed by atoms with Crippen LogP contribution in [0.5, 0.6) is 0 Å². The molecule has 98 valence electrons. The van der Waals surface area contributed by atoms with Gasteiger partial charge in [-0.25, -0.2) is 0 Å². The van der Waals surface area contributed by atoms with Crippen LogP contribution in [0.4, 0.5) is 0 Å². The summed E-state index contributed by atoms with van der Waals surface area (Å²) < 4.78 is 16.9. The predicted octanol–water partition coefficient (Wildman–Crippen LogP) is 2.26. The van der Waals surface area contributed by atoms with Gasteiger partial charge in [-0.1, -0.05) is 6.42 Å². The standard InChI is InChI=1S/C13H22O4/c1-10(17-11(2)14)9-12-5-3-4-6-13(12)15-7-8-16-13/h10,12H,3-9H2,1-2H3. The van der Waals surface area contributed by atoms with Crippen molar-refractivity contribution in [2.24, 2.45) is 5.92 Å². The lowest BCUT2D eigenvalue weighted by atomic mass is 9.80. The van der Waals surface area contributed by atoms with Gasteiger partial charge in [-0.15, -0.1) is 0 Å². The normalized spacial score (nSPS) is 29.2. The zero-order chi connectivity index (χ0) is 12.3. The molecule has 2 aliphatic rings. The molecule has 1 aliphatic carbocycles. The first kappa shape index (κ1) is 12.8. The second-order valence-corrected chi connectivity index (χ2v) is 5.11. The molecule has 0 bridgehead atoms. The molecule has 17 heavy (non-hydrogen) atoms. The van der Waals surface area contributed by atoms with Crippen molar-refractivity contribution < 1.29 is 19.0 Å². The Labute approximate surface area is 103 Å². The molecule has 4 heteroatoms. The summed E-state index contributed by atoms with van der Waals surface area (Å²) in [7, 11) is 0. The summed E-state index contributed by atoms with van der Waals surface area (Å²) in [4.78, 5) is 10.9. The van der Waals surface area contributed by atoms with Crippen LogP contribution in [0.25, 0.3) is 0 Å². The van der Waals surface area contributed by atoms with E-state index in [0.29, 0.717) is 19.1 Å². The van der Waals surface area contributed by atoms with E-state index in [1.165, 1.54) is 19.8 Å². The third kappa shape index (κ3) is 2.99. The Morgan fingerprint density at radius 3 is 2.76 bits per heavy atom. The summed E-state index contributed by atoms with van der Waals surface area (Å²) in [5, 5.41) is 0. The van der Waals surface area contributed by atoms with Crippen LogP contribution >= 0.6 is 0 Å². The monoisotopic (exact) mass is 242 g/mol. The van der Waals surface area contributed by atoms with Crippen LogP contribution in [0.15, 0.2) is 0 Å². The largest absolute Gasteiger partial charge is 0.463 e. The van der Waals surface area contributed by atoms with Crippen LogP contribution in [-0.4, -0.2) is 31.1 Å². The molecule has 2 rings (SSSR count). The highest BCUT2D eigenvalue weighted by Crippen LogP contribution is 2.42. The second-order valence-electron chi connectivity index (χ2n) is 5.11. The van der Waals surface area contributed by atoms with E-state index in [0.717, 1.165) is 19.3 Å². The quantitative estimate of drug-likeness (QED) is 0.712. The summed E-state index contributed by atoms with van der Waals surface area (Å²) in [6.07, 6.45) is 5.24. The molecule has 1 saturated heterocycles. The highest BCUT2D eigenvalue weighted by Gasteiger charge is 2.46. The highest BCUT2D eigenvalue weighted by atomic mass is 16.7. The summed E-state index contributed by atoms with van der Waals surface area (Å²) in [5.74, 6) is -0.240. The fourth-order valence-electron chi connectivity index (χ4n) is 3.07. The van der Waals surface area contributed by atoms with Gasteiger partial charge in [0.15, 0.2) is 5.79 Å². The Morgan fingerprint density at radius 2 is 2.12 bits per heavy atom. The number of hydrogen-bond donors (Lipinski definition) is 0. The van der Waals surface area contributed by atoms with Crippen molar-refractivity contribution in [3.63, 3.8) is 0 Å². The van der Waals surface area contributed by atoms with Gasteiger partial charge in [-0.2, -0.15) is 0 Å². The number of carbonyl (C=O) groups is 1. The van der Waals surface area contributed by atoms with Crippen molar-refractivity contribution in [1.82, 2.24) is 0 Å². The van der Waals surface area contributed by atoms with E-state index < -0.39 is 0 Å². The molecular weight excluding hydrogens is 220 g/mol. The Kier molecular flexibility index (Phi) is 4.05. The van der Waals surface area contributed by atoms with Gasteiger partial charge in [0.1, 0.15) is 0 Å². The first-order valence-electron chi connectivity index (χ1n) is 6.57. The van der Waals surface area contributed by atoms with E-state index in [2.05, 4.69) is 0 Å². The van der Waals surface area contributed by atoms with Gasteiger partial charge in [0, 0.05) is 19.3 Å². The Bertz CT molecular complexity index is 271. The molecular formula is C13H22O4. The predicted molar refractivity (Wildman–Crippen MR) is 62.4 cm³/mol. The molecule has 0 aromatic carbocycles. The van der Waals surface area contributed by atoms with E-state index in [1.54, 1.807) is 0 Å². The van der Waals surface area contributed by atoms with Gasteiger partial charge in [-0.05, 0) is 26.2 Å². The maximum atomic E-state index is 10.9. The molecule has 1 heterocycles. The minimum absolute atomic E-state index is 0.0553. The van der Waals surface area contributed by atoms with E-state index in [9.17, 15) is 4.79 Å². The van der Waals surface area contributed by atoms with Crippen LogP contribution in [-0.2, 0) is 19.0 Å². The van der Waals surface area contributed by atoms with Gasteiger partial charge >= 0.3 is 5.97 Å². The van der Waals surface area contributed by atoms with Gasteiger partial charge in [0.2, 0.25) is 0 Å². The molecule has 0 N–H and O–H groups in total. The van der Waals surface area contributed by atoms with Crippen LogP contribution in [0.3, 0.4) is 0 Å². The first-order valence-corrected chi connectivity index (χ1v) is 6.57. The molecule has 1 aliphatic heterocycles. The number of esters is 1. The topological polar surface area (TPSA) is 44.8 Å². The summed E-state index contributed by atoms with van der Waals surface area (Å²) >= 11 is 0. The van der Waals surface area contributed by atoms with Crippen molar-refractivity contribution in [2.75, 3.05) is 13.2 Å². The number of ether oxygens (including phenoxy) is 3. The molecule has 2 fully saturated rings. The average molecular weight is 242 g/mol. The summed E-state index contributed by atoms with van der Waals surface area (Å²) in [5.41, 5.74) is 0. The Balaban J connectivity index is 1.94. The van der Waals surface area contributed by atoms with Crippen LogP contribution < -0.4 is 0 Å². The lowest BCUT2D eigenvalue weighted by molar-refractivity contribution is -0.218. The lowest BCUT2D eigenvalue weighted by Crippen LogP contribution is -2.43. The molecule has 0 radical (unpaired) electrons. The number of rotatable bonds is 3. The molecule has 1 spiro atoms. The van der Waals surface area contributed by atoms with Gasteiger partial charge in [-0.3, -0.25) is 4.79 Å². The highest BCUT2D eigenvalue weighted by molar-refractivity contribution is 5.66. The van der Waals surface area contributed by atoms with E-state index in [4.69, 9.17) is 14.2 Å². The fraction of sp³-hybridized carbons (Fsp3) is 0.923. The van der Waals surface area contributed by atoms with Crippen molar-refractivity contribution >= 4 is 5.97 Å². The molecule has 0 aromatic rings. The van der Waals surface area contributed by atoms with Crippen LogP contribution in [0.2, 0.25) is 0 Å². The minimum Gasteiger partial charge on any atom is -0.463 e. The minimum atomic E-state index is -0.382. The second kappa shape index (κ2) is 5.36. The van der Waals surface area contributed by atoms with Crippen molar-refractivity contribution in [2.45, 2.75) is 57.8 Å². The Hall–Kier alpha value is -0.610. The number of hydrogen-bond acceptors (Lipinski definition) is 4. The van der Waals surface area contributed by atoms with Gasteiger partial charge < -0.3 is 14.2 Å². The van der Waals surface area contributed by atoms with E-state index >= 15 is 0 Å². The van der Waals surface area contributed by atoms with E-state index in [1.807, 2.05) is 6.92 Å². The average Bonchev–Trinajstić information content (AvgIpc) is 2.70. The van der Waals surface area contributed by atoms with E-state index in [-0.39, 0.29) is 17.9 Å². The molecule has 0 aromatic heterocycles. The van der Waals surface area contributed by atoms with Gasteiger partial charge in [0.05, 0.1) is 19.3 Å². The zero-order valence-electron chi connectivity index (χ0n) is 10.7. The SMILES string of the molecule is CC(=O)OC(C)CC1CCCCC12OCCO2. The van der Waals surface area contributed by atoms with Crippen LogP contribution in [0, 0.1) is 5.92 Å². The molecule has 0 amide bonds. The summed E-state index contributed by atoms with van der Waals surface area (Å²) in [6, 6.07) is 0. The molecule has 4 nitrogen and oxygen atoms in total. The number of carbonyl (C=O) groups excluding carboxylic acids is 1. The van der Waals surface area contributed by atoms with Crippen molar-refractivity contribution in [3.05, 3.63) is 0 Å². The zero-order valence-corrected chi connectivity index (χ0v) is 10.7. The molecule has 2 atom stereocenters. The van der Waals surface area contributed by atoms with Crippen molar-refractivity contribution in [3.8, 4) is 0 Å². The lowest BCUT2D eigenvalue weighted by Gasteiger charge is -2.40. The smallest absolute Gasteiger partial charge is 0.302 e. The molecule has 1 saturated carbocycles. The van der Waals surface area contributed by atoms with Gasteiger partial charge in [0.25, 0.3) is 0 Å². The Morgan fingerprint density at radius 1 is 1.41 bits per heavy atom. The van der Waals surface area contributed by atoms with Crippen LogP contribution in [0.1, 0.15) is 46.0 Å². The fourth-order valence-corrected chi connectivity index (χ4v) is 3.07. The maximum absolute atomic E-state index is 10.9. The third-order valence-electron chi connectivity index (χ3n) is 3.71. The third-order valence-corrected chi connectivity index (χ3v) is 3.71. The molecule has 2 unspecified atom stereocenters.